The summed E-state index contributed by atoms with van der Waals surface area (Å²) in [7, 11) is 0. The third-order valence-electron chi connectivity index (χ3n) is 6.40. The largest absolute Gasteiger partial charge is 0.381 e. The lowest BCUT2D eigenvalue weighted by Gasteiger charge is -2.33. The SMILES string of the molecule is O=C(CCc1c[nH]c2ccccc12)N1CCCCC1c1nc(CCOCC2CC2)no1. The van der Waals surface area contributed by atoms with E-state index in [2.05, 4.69) is 27.3 Å². The van der Waals surface area contributed by atoms with Crippen molar-refractivity contribution in [1.29, 1.82) is 0 Å². The van der Waals surface area contributed by atoms with Crippen molar-refractivity contribution >= 4 is 16.8 Å². The van der Waals surface area contributed by atoms with Gasteiger partial charge in [-0.1, -0.05) is 23.4 Å². The molecule has 2 aromatic heterocycles. The monoisotopic (exact) mass is 422 g/mol. The minimum Gasteiger partial charge on any atom is -0.381 e. The highest BCUT2D eigenvalue weighted by Gasteiger charge is 2.32. The molecule has 1 N–H and O–H groups in total. The van der Waals surface area contributed by atoms with Gasteiger partial charge in [0.05, 0.1) is 6.61 Å². The van der Waals surface area contributed by atoms with Crippen LogP contribution in [0.3, 0.4) is 0 Å². The van der Waals surface area contributed by atoms with E-state index in [0.717, 1.165) is 50.3 Å². The topological polar surface area (TPSA) is 84.2 Å². The Labute approximate surface area is 182 Å². The second kappa shape index (κ2) is 9.22. The molecule has 0 radical (unpaired) electrons. The van der Waals surface area contributed by atoms with Crippen molar-refractivity contribution in [3.05, 3.63) is 47.7 Å². The van der Waals surface area contributed by atoms with Crippen LogP contribution in [0.4, 0.5) is 0 Å². The fourth-order valence-electron chi connectivity index (χ4n) is 4.41. The zero-order chi connectivity index (χ0) is 21.0. The summed E-state index contributed by atoms with van der Waals surface area (Å²) in [6, 6.07) is 8.10. The van der Waals surface area contributed by atoms with E-state index in [1.807, 2.05) is 23.2 Å². The first kappa shape index (κ1) is 20.2. The van der Waals surface area contributed by atoms with E-state index >= 15 is 0 Å². The van der Waals surface area contributed by atoms with E-state index in [4.69, 9.17) is 9.26 Å². The highest BCUT2D eigenvalue weighted by Crippen LogP contribution is 2.31. The minimum absolute atomic E-state index is 0.113. The van der Waals surface area contributed by atoms with Gasteiger partial charge < -0.3 is 19.1 Å². The van der Waals surface area contributed by atoms with Crippen molar-refractivity contribution in [1.82, 2.24) is 20.0 Å². The van der Waals surface area contributed by atoms with E-state index in [1.54, 1.807) is 0 Å². The molecule has 1 unspecified atom stereocenters. The molecule has 0 spiro atoms. The van der Waals surface area contributed by atoms with E-state index in [1.165, 1.54) is 23.8 Å². The molecule has 164 valence electrons. The number of H-pyrrole nitrogens is 1. The lowest BCUT2D eigenvalue weighted by molar-refractivity contribution is -0.135. The number of aromatic amines is 1. The third-order valence-corrected chi connectivity index (χ3v) is 6.40. The van der Waals surface area contributed by atoms with E-state index in [-0.39, 0.29) is 11.9 Å². The Kier molecular flexibility index (Phi) is 6.02. The van der Waals surface area contributed by atoms with Crippen LogP contribution in [0.2, 0.25) is 0 Å². The van der Waals surface area contributed by atoms with Gasteiger partial charge in [0.15, 0.2) is 5.82 Å². The van der Waals surface area contributed by atoms with Crippen LogP contribution in [0.15, 0.2) is 35.0 Å². The standard InChI is InChI=1S/C24H30N4O3/c29-23(11-10-18-15-25-20-6-2-1-5-19(18)20)28-13-4-3-7-21(28)24-26-22(27-31-24)12-14-30-16-17-8-9-17/h1-2,5-6,15,17,21,25H,3-4,7-14,16H2. The summed E-state index contributed by atoms with van der Waals surface area (Å²) >= 11 is 0. The van der Waals surface area contributed by atoms with Gasteiger partial charge in [-0.05, 0) is 56.1 Å². The van der Waals surface area contributed by atoms with Gasteiger partial charge in [0.1, 0.15) is 6.04 Å². The highest BCUT2D eigenvalue weighted by molar-refractivity contribution is 5.84. The average molecular weight is 423 g/mol. The molecule has 31 heavy (non-hydrogen) atoms. The predicted molar refractivity (Wildman–Crippen MR) is 116 cm³/mol. The molecule has 2 aliphatic rings. The van der Waals surface area contributed by atoms with Crippen LogP contribution >= 0.6 is 0 Å². The number of amides is 1. The average Bonchev–Trinajstić information content (AvgIpc) is 3.36. The molecule has 1 saturated carbocycles. The Morgan fingerprint density at radius 2 is 2.10 bits per heavy atom. The van der Waals surface area contributed by atoms with Gasteiger partial charge in [0.2, 0.25) is 11.8 Å². The van der Waals surface area contributed by atoms with Crippen LogP contribution in [0.1, 0.15) is 61.8 Å². The normalized spacial score (nSPS) is 19.2. The summed E-state index contributed by atoms with van der Waals surface area (Å²) in [5.74, 6) is 2.15. The predicted octanol–water partition coefficient (Wildman–Crippen LogP) is 4.21. The number of fused-ring (bicyclic) bond motifs is 1. The van der Waals surface area contributed by atoms with Crippen molar-refractivity contribution in [3.63, 3.8) is 0 Å². The zero-order valence-electron chi connectivity index (χ0n) is 17.9. The first-order chi connectivity index (χ1) is 15.3. The van der Waals surface area contributed by atoms with Crippen LogP contribution in [0, 0.1) is 5.92 Å². The smallest absolute Gasteiger partial charge is 0.249 e. The summed E-state index contributed by atoms with van der Waals surface area (Å²) in [6.45, 7) is 2.21. The fraction of sp³-hybridized carbons (Fsp3) is 0.542. The number of carbonyl (C=O) groups is 1. The zero-order valence-corrected chi connectivity index (χ0v) is 17.9. The number of likely N-dealkylation sites (tertiary alicyclic amines) is 1. The quantitative estimate of drug-likeness (QED) is 0.522. The molecule has 1 atom stereocenters. The molecule has 1 amide bonds. The number of carbonyl (C=O) groups excluding carboxylic acids is 1. The van der Waals surface area contributed by atoms with Crippen LogP contribution in [-0.2, 0) is 22.4 Å². The molecule has 3 aromatic rings. The number of nitrogens with zero attached hydrogens (tertiary/aromatic N) is 3. The lowest BCUT2D eigenvalue weighted by atomic mass is 10.0. The molecule has 7 nitrogen and oxygen atoms in total. The van der Waals surface area contributed by atoms with Crippen LogP contribution in [-0.4, -0.2) is 45.7 Å². The number of ether oxygens (including phenoxy) is 1. The highest BCUT2D eigenvalue weighted by atomic mass is 16.5. The number of nitrogens with one attached hydrogen (secondary N) is 1. The van der Waals surface area contributed by atoms with Crippen LogP contribution < -0.4 is 0 Å². The number of piperidine rings is 1. The summed E-state index contributed by atoms with van der Waals surface area (Å²) < 4.78 is 11.3. The second-order valence-electron chi connectivity index (χ2n) is 8.78. The van der Waals surface area contributed by atoms with Gasteiger partial charge in [-0.25, -0.2) is 0 Å². The minimum atomic E-state index is -0.113. The summed E-state index contributed by atoms with van der Waals surface area (Å²) in [5.41, 5.74) is 2.30. The molecule has 1 aromatic carbocycles. The summed E-state index contributed by atoms with van der Waals surface area (Å²) in [4.78, 5) is 22.9. The molecule has 0 bridgehead atoms. The van der Waals surface area contributed by atoms with Crippen LogP contribution in [0.25, 0.3) is 10.9 Å². The van der Waals surface area contributed by atoms with Crippen molar-refractivity contribution in [2.45, 2.75) is 57.4 Å². The number of aromatic nitrogens is 3. The maximum Gasteiger partial charge on any atom is 0.249 e. The second-order valence-corrected chi connectivity index (χ2v) is 8.78. The maximum absolute atomic E-state index is 13.1. The number of rotatable bonds is 9. The van der Waals surface area contributed by atoms with Gasteiger partial charge in [-0.2, -0.15) is 4.98 Å². The van der Waals surface area contributed by atoms with Crippen LogP contribution in [0.5, 0.6) is 0 Å². The molecule has 1 aliphatic carbocycles. The Balaban J connectivity index is 1.19. The molecule has 1 aliphatic heterocycles. The Bertz CT molecular complexity index is 1020. The van der Waals surface area contributed by atoms with Crippen molar-refractivity contribution in [3.8, 4) is 0 Å². The van der Waals surface area contributed by atoms with Crippen molar-refractivity contribution in [2.24, 2.45) is 5.92 Å². The van der Waals surface area contributed by atoms with Gasteiger partial charge in [-0.3, -0.25) is 4.79 Å². The number of para-hydroxylation sites is 1. The maximum atomic E-state index is 13.1. The molecule has 5 rings (SSSR count). The molecule has 1 saturated heterocycles. The summed E-state index contributed by atoms with van der Waals surface area (Å²) in [5, 5.41) is 5.32. The molecular formula is C24H30N4O3. The third kappa shape index (κ3) is 4.82. The number of hydrogen-bond acceptors (Lipinski definition) is 5. The number of benzene rings is 1. The van der Waals surface area contributed by atoms with E-state index < -0.39 is 0 Å². The van der Waals surface area contributed by atoms with Gasteiger partial charge in [0, 0.05) is 43.1 Å². The molecule has 2 fully saturated rings. The number of aryl methyl sites for hydroxylation is 1. The van der Waals surface area contributed by atoms with Crippen molar-refractivity contribution < 1.29 is 14.1 Å². The van der Waals surface area contributed by atoms with Gasteiger partial charge >= 0.3 is 0 Å². The molecule has 3 heterocycles. The first-order valence-corrected chi connectivity index (χ1v) is 11.5. The Morgan fingerprint density at radius 3 is 3.00 bits per heavy atom. The number of hydrogen-bond donors (Lipinski definition) is 1. The van der Waals surface area contributed by atoms with Gasteiger partial charge in [0.25, 0.3) is 0 Å². The molecular weight excluding hydrogens is 392 g/mol. The molecule has 7 heteroatoms. The first-order valence-electron chi connectivity index (χ1n) is 11.5. The van der Waals surface area contributed by atoms with Gasteiger partial charge in [-0.15, -0.1) is 0 Å². The van der Waals surface area contributed by atoms with E-state index in [0.29, 0.717) is 31.2 Å². The Morgan fingerprint density at radius 1 is 1.19 bits per heavy atom. The summed E-state index contributed by atoms with van der Waals surface area (Å²) in [6.07, 6.45) is 9.41. The van der Waals surface area contributed by atoms with Crippen molar-refractivity contribution in [2.75, 3.05) is 19.8 Å². The van der Waals surface area contributed by atoms with E-state index in [9.17, 15) is 4.79 Å². The lowest BCUT2D eigenvalue weighted by Crippen LogP contribution is -2.38. The Hall–Kier alpha value is -2.67. The fourth-order valence-corrected chi connectivity index (χ4v) is 4.41.